The zero-order valence-corrected chi connectivity index (χ0v) is 13.1. The second kappa shape index (κ2) is 5.02. The third-order valence-corrected chi connectivity index (χ3v) is 4.21. The summed E-state index contributed by atoms with van der Waals surface area (Å²) < 4.78 is 23.3. The van der Waals surface area contributed by atoms with Crippen molar-refractivity contribution >= 4 is 40.1 Å². The van der Waals surface area contributed by atoms with Crippen LogP contribution in [0.3, 0.4) is 0 Å². The van der Waals surface area contributed by atoms with Crippen molar-refractivity contribution < 1.29 is 8.81 Å². The molecule has 1 N–H and O–H groups in total. The van der Waals surface area contributed by atoms with Crippen LogP contribution in [0.4, 0.5) is 4.39 Å². The van der Waals surface area contributed by atoms with Gasteiger partial charge in [-0.15, -0.1) is 5.10 Å². The van der Waals surface area contributed by atoms with Crippen molar-refractivity contribution in [2.45, 2.75) is 26.3 Å². The highest BCUT2D eigenvalue weighted by Crippen LogP contribution is 2.29. The van der Waals surface area contributed by atoms with Crippen LogP contribution in [0.5, 0.6) is 0 Å². The minimum Gasteiger partial charge on any atom is -0.448 e. The average Bonchev–Trinajstić information content (AvgIpc) is 3.09. The van der Waals surface area contributed by atoms with E-state index in [0.717, 1.165) is 12.8 Å². The lowest BCUT2D eigenvalue weighted by Crippen LogP contribution is -2.22. The van der Waals surface area contributed by atoms with Gasteiger partial charge in [0.25, 0.3) is 5.56 Å². The first-order valence-electron chi connectivity index (χ1n) is 7.34. The Morgan fingerprint density at radius 1 is 1.43 bits per heavy atom. The van der Waals surface area contributed by atoms with E-state index in [1.165, 1.54) is 10.6 Å². The highest BCUT2D eigenvalue weighted by atomic mass is 32.1. The van der Waals surface area contributed by atoms with Gasteiger partial charge in [-0.3, -0.25) is 9.36 Å². The van der Waals surface area contributed by atoms with Crippen LogP contribution in [0.1, 0.15) is 19.8 Å². The molecule has 0 unspecified atom stereocenters. The van der Waals surface area contributed by atoms with E-state index in [2.05, 4.69) is 10.2 Å². The fraction of sp³-hybridized carbons (Fsp3) is 0.267. The lowest BCUT2D eigenvalue weighted by molar-refractivity contribution is 0.599. The van der Waals surface area contributed by atoms with E-state index in [0.29, 0.717) is 28.2 Å². The van der Waals surface area contributed by atoms with E-state index < -0.39 is 5.82 Å². The first kappa shape index (κ1) is 14.1. The molecule has 0 radical (unpaired) electrons. The second-order valence-corrected chi connectivity index (χ2v) is 5.75. The van der Waals surface area contributed by atoms with Gasteiger partial charge in [-0.25, -0.2) is 13.9 Å². The van der Waals surface area contributed by atoms with Gasteiger partial charge in [0.1, 0.15) is 16.9 Å². The number of hydrogen-bond donors (Lipinski definition) is 1. The van der Waals surface area contributed by atoms with Crippen LogP contribution in [0.15, 0.2) is 27.4 Å². The van der Waals surface area contributed by atoms with Crippen molar-refractivity contribution in [3.8, 4) is 0 Å². The van der Waals surface area contributed by atoms with Crippen LogP contribution in [0.25, 0.3) is 27.8 Å². The van der Waals surface area contributed by atoms with E-state index in [1.54, 1.807) is 16.5 Å². The maximum atomic E-state index is 14.3. The monoisotopic (exact) mass is 332 g/mol. The van der Waals surface area contributed by atoms with E-state index in [9.17, 15) is 9.18 Å². The van der Waals surface area contributed by atoms with Gasteiger partial charge >= 0.3 is 0 Å². The number of unbranched alkanes of at least 4 members (excludes halogenated alkanes) is 1. The molecule has 4 aromatic rings. The summed E-state index contributed by atoms with van der Waals surface area (Å²) in [5.41, 5.74) is 0.399. The summed E-state index contributed by atoms with van der Waals surface area (Å²) in [6.07, 6.45) is 1.74. The Labute approximate surface area is 134 Å². The van der Waals surface area contributed by atoms with Gasteiger partial charge in [-0.05, 0) is 30.8 Å². The molecule has 118 valence electrons. The van der Waals surface area contributed by atoms with E-state index >= 15 is 0 Å². The van der Waals surface area contributed by atoms with Crippen molar-refractivity contribution in [1.29, 1.82) is 0 Å². The largest absolute Gasteiger partial charge is 0.448 e. The van der Waals surface area contributed by atoms with Crippen molar-refractivity contribution in [2.24, 2.45) is 0 Å². The Bertz CT molecular complexity index is 1170. The van der Waals surface area contributed by atoms with Gasteiger partial charge < -0.3 is 4.42 Å². The summed E-state index contributed by atoms with van der Waals surface area (Å²) in [6, 6.07) is 4.50. The molecular weight excluding hydrogens is 319 g/mol. The van der Waals surface area contributed by atoms with Gasteiger partial charge in [0.15, 0.2) is 0 Å². The quantitative estimate of drug-likeness (QED) is 0.584. The zero-order chi connectivity index (χ0) is 16.1. The van der Waals surface area contributed by atoms with Gasteiger partial charge in [0, 0.05) is 6.54 Å². The summed E-state index contributed by atoms with van der Waals surface area (Å²) in [5.74, 6) is -0.0942. The van der Waals surface area contributed by atoms with Crippen LogP contribution >= 0.6 is 12.2 Å². The molecule has 0 amide bonds. The molecule has 0 saturated heterocycles. The Hall–Kier alpha value is -2.48. The second-order valence-electron chi connectivity index (χ2n) is 5.37. The number of rotatable bonds is 3. The predicted molar refractivity (Wildman–Crippen MR) is 86.8 cm³/mol. The Morgan fingerprint density at radius 3 is 3.04 bits per heavy atom. The number of benzene rings is 1. The van der Waals surface area contributed by atoms with Crippen LogP contribution < -0.4 is 5.56 Å². The highest BCUT2D eigenvalue weighted by molar-refractivity contribution is 7.71. The Kier molecular flexibility index (Phi) is 3.08. The molecule has 8 heteroatoms. The normalized spacial score (nSPS) is 11.9. The molecular formula is C15H13FN4O2S. The topological polar surface area (TPSA) is 68.2 Å². The van der Waals surface area contributed by atoms with Crippen LogP contribution in [-0.2, 0) is 6.54 Å². The number of nitrogens with zero attached hydrogens (tertiary/aromatic N) is 3. The molecule has 1 aromatic carbocycles. The number of halogens is 1. The van der Waals surface area contributed by atoms with Gasteiger partial charge in [0.05, 0.1) is 5.39 Å². The van der Waals surface area contributed by atoms with Crippen molar-refractivity contribution in [3.63, 3.8) is 0 Å². The molecule has 3 heterocycles. The molecule has 0 bridgehead atoms. The summed E-state index contributed by atoms with van der Waals surface area (Å²) in [4.78, 5) is 12.8. The number of aryl methyl sites for hydroxylation is 1. The third kappa shape index (κ3) is 1.88. The first-order valence-corrected chi connectivity index (χ1v) is 7.75. The molecule has 0 aliphatic heterocycles. The van der Waals surface area contributed by atoms with Gasteiger partial charge in [-0.1, -0.05) is 19.4 Å². The first-order chi connectivity index (χ1) is 11.1. The summed E-state index contributed by atoms with van der Waals surface area (Å²) >= 11 is 5.27. The van der Waals surface area contributed by atoms with E-state index in [-0.39, 0.29) is 16.5 Å². The predicted octanol–water partition coefficient (Wildman–Crippen LogP) is 3.39. The van der Waals surface area contributed by atoms with Gasteiger partial charge in [0.2, 0.25) is 16.1 Å². The van der Waals surface area contributed by atoms with E-state index in [1.807, 2.05) is 6.92 Å². The molecule has 0 aliphatic carbocycles. The van der Waals surface area contributed by atoms with Crippen LogP contribution in [-0.4, -0.2) is 19.2 Å². The molecule has 0 fully saturated rings. The van der Waals surface area contributed by atoms with E-state index in [4.69, 9.17) is 16.6 Å². The molecule has 23 heavy (non-hydrogen) atoms. The Morgan fingerprint density at radius 2 is 2.26 bits per heavy atom. The number of hydrogen-bond acceptors (Lipinski definition) is 4. The van der Waals surface area contributed by atoms with Crippen molar-refractivity contribution in [1.82, 2.24) is 19.2 Å². The fourth-order valence-corrected chi connectivity index (χ4v) is 3.07. The summed E-state index contributed by atoms with van der Waals surface area (Å²) in [5, 5.41) is 7.06. The lowest BCUT2D eigenvalue weighted by atomic mass is 10.2. The number of fused-ring (bicyclic) bond motifs is 5. The van der Waals surface area contributed by atoms with Gasteiger partial charge in [-0.2, -0.15) is 0 Å². The molecule has 0 saturated carbocycles. The molecule has 6 nitrogen and oxygen atoms in total. The number of nitrogens with one attached hydrogen (secondary N) is 1. The third-order valence-electron chi connectivity index (χ3n) is 3.93. The minimum absolute atomic E-state index is 0.0891. The molecule has 4 rings (SSSR count). The highest BCUT2D eigenvalue weighted by Gasteiger charge is 2.21. The molecule has 0 spiro atoms. The Balaban J connectivity index is 2.29. The number of aromatic nitrogens is 4. The number of furan rings is 1. The molecule has 3 aromatic heterocycles. The SMILES string of the molecule is CCCCn1c(=O)c2oc3cccc(F)c3c2n2c(=S)[nH]nc12. The van der Waals surface area contributed by atoms with Crippen molar-refractivity contribution in [3.05, 3.63) is 39.1 Å². The molecule has 0 aliphatic rings. The maximum absolute atomic E-state index is 14.3. The molecule has 0 atom stereocenters. The summed E-state index contributed by atoms with van der Waals surface area (Å²) in [7, 11) is 0. The standard InChI is InChI=1S/C15H13FN4O2S/c1-2-3-7-19-13(21)12-11(20-14(19)17-18-15(20)23)10-8(16)5-4-6-9(10)22-12/h4-6H,2-3,7H2,1H3,(H,18,23). The maximum Gasteiger partial charge on any atom is 0.298 e. The lowest BCUT2D eigenvalue weighted by Gasteiger charge is -2.06. The average molecular weight is 332 g/mol. The van der Waals surface area contributed by atoms with Crippen LogP contribution in [0, 0.1) is 10.6 Å². The number of H-pyrrole nitrogens is 1. The van der Waals surface area contributed by atoms with Crippen LogP contribution in [0.2, 0.25) is 0 Å². The van der Waals surface area contributed by atoms with Crippen molar-refractivity contribution in [2.75, 3.05) is 0 Å². The summed E-state index contributed by atoms with van der Waals surface area (Å²) in [6.45, 7) is 2.53. The number of aromatic amines is 1. The zero-order valence-electron chi connectivity index (χ0n) is 12.3. The smallest absolute Gasteiger partial charge is 0.298 e. The minimum atomic E-state index is -0.462. The fourth-order valence-electron chi connectivity index (χ4n) is 2.85.